The molecule has 1 atom stereocenters. The number of hydrogen-bond acceptors (Lipinski definition) is 3. The lowest BCUT2D eigenvalue weighted by molar-refractivity contribution is -0.117. The first-order chi connectivity index (χ1) is 9.38. The molecule has 1 unspecified atom stereocenters. The minimum atomic E-state index is -0.477. The van der Waals surface area contributed by atoms with Crippen LogP contribution in [0.15, 0.2) is 24.3 Å². The third-order valence-electron chi connectivity index (χ3n) is 2.75. The molecule has 0 aromatic heterocycles. The van der Waals surface area contributed by atoms with Gasteiger partial charge in [0.05, 0.1) is 12.6 Å². The van der Waals surface area contributed by atoms with Gasteiger partial charge < -0.3 is 15.8 Å². The normalized spacial score (nSPS) is 12.6. The number of nitrogens with one attached hydrogen (secondary N) is 1. The Balaban J connectivity index is 2.59. The van der Waals surface area contributed by atoms with Gasteiger partial charge in [-0.1, -0.05) is 33.8 Å². The number of benzene rings is 1. The van der Waals surface area contributed by atoms with Crippen LogP contribution in [0.25, 0.3) is 0 Å². The fourth-order valence-electron chi connectivity index (χ4n) is 1.78. The summed E-state index contributed by atoms with van der Waals surface area (Å²) in [5.41, 5.74) is 6.58. The highest BCUT2D eigenvalue weighted by Crippen LogP contribution is 2.18. The van der Waals surface area contributed by atoms with Crippen molar-refractivity contribution in [3.05, 3.63) is 24.3 Å². The highest BCUT2D eigenvalue weighted by Gasteiger charge is 2.15. The minimum absolute atomic E-state index is 0.153. The van der Waals surface area contributed by atoms with Gasteiger partial charge in [0.2, 0.25) is 5.91 Å². The third-order valence-corrected chi connectivity index (χ3v) is 2.75. The Bertz CT molecular complexity index is 430. The second kappa shape index (κ2) is 7.90. The molecule has 0 aliphatic heterocycles. The first-order valence-electron chi connectivity index (χ1n) is 7.17. The molecule has 0 saturated carbocycles. The van der Waals surface area contributed by atoms with Gasteiger partial charge in [0.15, 0.2) is 0 Å². The van der Waals surface area contributed by atoms with Crippen LogP contribution in [0.5, 0.6) is 5.75 Å². The molecule has 1 amide bonds. The molecule has 1 rings (SSSR count). The van der Waals surface area contributed by atoms with Crippen molar-refractivity contribution >= 4 is 11.6 Å². The molecule has 1 aromatic rings. The maximum Gasteiger partial charge on any atom is 0.241 e. The van der Waals surface area contributed by atoms with Gasteiger partial charge in [0.25, 0.3) is 0 Å². The third kappa shape index (κ3) is 6.06. The molecular formula is C16H26N2O2. The highest BCUT2D eigenvalue weighted by atomic mass is 16.5. The summed E-state index contributed by atoms with van der Waals surface area (Å²) in [6, 6.07) is 6.92. The Kier molecular flexibility index (Phi) is 6.52. The van der Waals surface area contributed by atoms with E-state index in [4.69, 9.17) is 10.5 Å². The number of amides is 1. The summed E-state index contributed by atoms with van der Waals surface area (Å²) >= 11 is 0. The predicted octanol–water partition coefficient (Wildman–Crippen LogP) is 3.03. The fraction of sp³-hybridized carbons (Fsp3) is 0.562. The second-order valence-electron chi connectivity index (χ2n) is 5.96. The Morgan fingerprint density at radius 1 is 1.25 bits per heavy atom. The summed E-state index contributed by atoms with van der Waals surface area (Å²) < 4.78 is 5.63. The van der Waals surface area contributed by atoms with Crippen LogP contribution in [0.1, 0.15) is 34.1 Å². The summed E-state index contributed by atoms with van der Waals surface area (Å²) in [4.78, 5) is 11.9. The number of carbonyl (C=O) groups excluding carboxylic acids is 1. The van der Waals surface area contributed by atoms with Crippen LogP contribution in [0.3, 0.4) is 0 Å². The molecule has 20 heavy (non-hydrogen) atoms. The molecule has 0 bridgehead atoms. The molecule has 0 saturated heterocycles. The standard InChI is InChI=1S/C16H26N2O2/c1-11(2)8-15(17)16(19)18-13-6-5-7-14(9-13)20-10-12(3)4/h5-7,9,11-12,15H,8,10,17H2,1-4H3,(H,18,19). The Morgan fingerprint density at radius 2 is 1.95 bits per heavy atom. The smallest absolute Gasteiger partial charge is 0.241 e. The minimum Gasteiger partial charge on any atom is -0.493 e. The maximum atomic E-state index is 11.9. The summed E-state index contributed by atoms with van der Waals surface area (Å²) in [7, 11) is 0. The van der Waals surface area contributed by atoms with Crippen molar-refractivity contribution in [1.29, 1.82) is 0 Å². The largest absolute Gasteiger partial charge is 0.493 e. The number of hydrogen-bond donors (Lipinski definition) is 2. The van der Waals surface area contributed by atoms with Crippen LogP contribution < -0.4 is 15.8 Å². The zero-order chi connectivity index (χ0) is 15.1. The number of carbonyl (C=O) groups is 1. The fourth-order valence-corrected chi connectivity index (χ4v) is 1.78. The average molecular weight is 278 g/mol. The molecule has 0 spiro atoms. The molecule has 0 fully saturated rings. The quantitative estimate of drug-likeness (QED) is 0.805. The lowest BCUT2D eigenvalue weighted by Gasteiger charge is -2.15. The van der Waals surface area contributed by atoms with E-state index < -0.39 is 6.04 Å². The topological polar surface area (TPSA) is 64.3 Å². The van der Waals surface area contributed by atoms with Gasteiger partial charge in [0.1, 0.15) is 5.75 Å². The van der Waals surface area contributed by atoms with Crippen molar-refractivity contribution < 1.29 is 9.53 Å². The van der Waals surface area contributed by atoms with Gasteiger partial charge >= 0.3 is 0 Å². The molecule has 0 heterocycles. The zero-order valence-corrected chi connectivity index (χ0v) is 12.8. The van der Waals surface area contributed by atoms with E-state index >= 15 is 0 Å². The van der Waals surface area contributed by atoms with Crippen LogP contribution in [-0.4, -0.2) is 18.6 Å². The molecular weight excluding hydrogens is 252 g/mol. The SMILES string of the molecule is CC(C)COc1cccc(NC(=O)C(N)CC(C)C)c1. The van der Waals surface area contributed by atoms with Gasteiger partial charge in [-0.15, -0.1) is 0 Å². The summed E-state index contributed by atoms with van der Waals surface area (Å²) in [5.74, 6) is 1.47. The van der Waals surface area contributed by atoms with Crippen molar-refractivity contribution in [3.8, 4) is 5.75 Å². The average Bonchev–Trinajstić information content (AvgIpc) is 2.36. The Morgan fingerprint density at radius 3 is 2.55 bits per heavy atom. The van der Waals surface area contributed by atoms with Crippen LogP contribution in [0.4, 0.5) is 5.69 Å². The first kappa shape index (κ1) is 16.5. The maximum absolute atomic E-state index is 11.9. The van der Waals surface area contributed by atoms with Crippen molar-refractivity contribution in [3.63, 3.8) is 0 Å². The van der Waals surface area contributed by atoms with E-state index in [9.17, 15) is 4.79 Å². The lowest BCUT2D eigenvalue weighted by atomic mass is 10.0. The molecule has 0 radical (unpaired) electrons. The van der Waals surface area contributed by atoms with Crippen molar-refractivity contribution in [2.75, 3.05) is 11.9 Å². The summed E-state index contributed by atoms with van der Waals surface area (Å²) in [6.45, 7) is 8.94. The van der Waals surface area contributed by atoms with Gasteiger partial charge in [-0.2, -0.15) is 0 Å². The van der Waals surface area contributed by atoms with E-state index in [2.05, 4.69) is 19.2 Å². The van der Waals surface area contributed by atoms with E-state index in [0.29, 0.717) is 24.9 Å². The molecule has 112 valence electrons. The zero-order valence-electron chi connectivity index (χ0n) is 12.8. The van der Waals surface area contributed by atoms with Crippen molar-refractivity contribution in [2.24, 2.45) is 17.6 Å². The van der Waals surface area contributed by atoms with Crippen LogP contribution >= 0.6 is 0 Å². The molecule has 0 aliphatic carbocycles. The monoisotopic (exact) mass is 278 g/mol. The van der Waals surface area contributed by atoms with Crippen LogP contribution in [0.2, 0.25) is 0 Å². The Hall–Kier alpha value is -1.55. The molecule has 1 aromatic carbocycles. The molecule has 3 N–H and O–H groups in total. The highest BCUT2D eigenvalue weighted by molar-refractivity contribution is 5.94. The number of rotatable bonds is 7. The molecule has 4 heteroatoms. The number of nitrogens with two attached hydrogens (primary N) is 1. The van der Waals surface area contributed by atoms with E-state index in [1.165, 1.54) is 0 Å². The van der Waals surface area contributed by atoms with Crippen molar-refractivity contribution in [2.45, 2.75) is 40.2 Å². The van der Waals surface area contributed by atoms with E-state index in [1.54, 1.807) is 0 Å². The first-order valence-corrected chi connectivity index (χ1v) is 7.17. The predicted molar refractivity (Wildman–Crippen MR) is 82.8 cm³/mol. The number of ether oxygens (including phenoxy) is 1. The summed E-state index contributed by atoms with van der Waals surface area (Å²) in [6.07, 6.45) is 0.676. The van der Waals surface area contributed by atoms with E-state index in [0.717, 1.165) is 11.4 Å². The van der Waals surface area contributed by atoms with Gasteiger partial charge in [0, 0.05) is 11.8 Å². The lowest BCUT2D eigenvalue weighted by Crippen LogP contribution is -2.36. The van der Waals surface area contributed by atoms with Gasteiger partial charge in [-0.05, 0) is 30.4 Å². The van der Waals surface area contributed by atoms with Crippen molar-refractivity contribution in [1.82, 2.24) is 0 Å². The van der Waals surface area contributed by atoms with E-state index in [1.807, 2.05) is 38.1 Å². The van der Waals surface area contributed by atoms with Gasteiger partial charge in [-0.3, -0.25) is 4.79 Å². The summed E-state index contributed by atoms with van der Waals surface area (Å²) in [5, 5.41) is 2.83. The van der Waals surface area contributed by atoms with Crippen LogP contribution in [-0.2, 0) is 4.79 Å². The second-order valence-corrected chi connectivity index (χ2v) is 5.96. The van der Waals surface area contributed by atoms with Crippen LogP contribution in [0, 0.1) is 11.8 Å². The molecule has 4 nitrogen and oxygen atoms in total. The van der Waals surface area contributed by atoms with E-state index in [-0.39, 0.29) is 5.91 Å². The molecule has 0 aliphatic rings. The number of anilines is 1. The Labute approximate surface area is 121 Å². The van der Waals surface area contributed by atoms with Gasteiger partial charge in [-0.25, -0.2) is 0 Å².